The largest absolute Gasteiger partial charge is 0.311 e. The number of rotatable bonds is 6. The zero-order valence-corrected chi connectivity index (χ0v) is 24.2. The van der Waals surface area contributed by atoms with E-state index in [0.717, 1.165) is 22.7 Å². The van der Waals surface area contributed by atoms with Crippen LogP contribution in [0.5, 0.6) is 0 Å². The van der Waals surface area contributed by atoms with Gasteiger partial charge >= 0.3 is 0 Å². The first-order chi connectivity index (χ1) is 21.8. The monoisotopic (exact) mass is 562 g/mol. The van der Waals surface area contributed by atoms with Gasteiger partial charge in [0, 0.05) is 33.5 Å². The smallest absolute Gasteiger partial charge is 0.0541 e. The van der Waals surface area contributed by atoms with E-state index in [1.165, 1.54) is 44.1 Å². The Morgan fingerprint density at radius 2 is 0.818 bits per heavy atom. The van der Waals surface area contributed by atoms with E-state index in [9.17, 15) is 0 Å². The van der Waals surface area contributed by atoms with Crippen molar-refractivity contribution < 1.29 is 0 Å². The maximum Gasteiger partial charge on any atom is 0.0541 e. The molecule has 0 amide bonds. The van der Waals surface area contributed by atoms with Crippen LogP contribution in [0.25, 0.3) is 49.7 Å². The molecule has 0 radical (unpaired) electrons. The third kappa shape index (κ3) is 4.54. The number of benzene rings is 7. The fraction of sp³-hybridized carbons (Fsp3) is 0. The molecule has 0 spiro atoms. The number of para-hydroxylation sites is 4. The molecule has 2 nitrogen and oxygen atoms in total. The lowest BCUT2D eigenvalue weighted by Crippen LogP contribution is -2.09. The Balaban J connectivity index is 1.21. The Morgan fingerprint density at radius 3 is 1.41 bits per heavy atom. The molecule has 0 aliphatic rings. The van der Waals surface area contributed by atoms with Crippen molar-refractivity contribution in [1.82, 2.24) is 4.57 Å². The second-order valence-corrected chi connectivity index (χ2v) is 11.0. The molecule has 0 atom stereocenters. The van der Waals surface area contributed by atoms with Gasteiger partial charge in [-0.1, -0.05) is 121 Å². The maximum absolute atomic E-state index is 2.38. The highest BCUT2D eigenvalue weighted by molar-refractivity contribution is 6.09. The van der Waals surface area contributed by atoms with Crippen molar-refractivity contribution in [3.8, 4) is 27.9 Å². The van der Waals surface area contributed by atoms with E-state index in [2.05, 4.69) is 191 Å². The van der Waals surface area contributed by atoms with E-state index in [0.29, 0.717) is 0 Å². The molecule has 208 valence electrons. The second-order valence-electron chi connectivity index (χ2n) is 11.0. The van der Waals surface area contributed by atoms with E-state index in [4.69, 9.17) is 0 Å². The van der Waals surface area contributed by atoms with Crippen LogP contribution in [0.2, 0.25) is 0 Å². The van der Waals surface area contributed by atoms with Crippen molar-refractivity contribution >= 4 is 38.9 Å². The molecular formula is C42H30N2. The molecular weight excluding hydrogens is 532 g/mol. The average molecular weight is 563 g/mol. The summed E-state index contributed by atoms with van der Waals surface area (Å²) < 4.78 is 2.38. The Kier molecular flexibility index (Phi) is 6.51. The third-order valence-corrected chi connectivity index (χ3v) is 8.39. The normalized spacial score (nSPS) is 11.2. The van der Waals surface area contributed by atoms with Crippen LogP contribution < -0.4 is 4.90 Å². The van der Waals surface area contributed by atoms with Gasteiger partial charge in [0.25, 0.3) is 0 Å². The van der Waals surface area contributed by atoms with Gasteiger partial charge in [0.15, 0.2) is 0 Å². The first kappa shape index (κ1) is 25.8. The fourth-order valence-electron chi connectivity index (χ4n) is 6.39. The molecule has 0 saturated carbocycles. The minimum atomic E-state index is 1.12. The lowest BCUT2D eigenvalue weighted by molar-refractivity contribution is 1.18. The van der Waals surface area contributed by atoms with Gasteiger partial charge in [0.1, 0.15) is 0 Å². The molecule has 7 aromatic carbocycles. The molecule has 1 aromatic heterocycles. The van der Waals surface area contributed by atoms with Gasteiger partial charge in [-0.3, -0.25) is 0 Å². The molecule has 0 aliphatic carbocycles. The van der Waals surface area contributed by atoms with Gasteiger partial charge in [0.05, 0.1) is 11.0 Å². The summed E-state index contributed by atoms with van der Waals surface area (Å²) in [5.74, 6) is 0. The summed E-state index contributed by atoms with van der Waals surface area (Å²) >= 11 is 0. The first-order valence-electron chi connectivity index (χ1n) is 15.0. The Morgan fingerprint density at radius 1 is 0.341 bits per heavy atom. The van der Waals surface area contributed by atoms with Crippen LogP contribution in [0.4, 0.5) is 17.1 Å². The number of aromatic nitrogens is 1. The van der Waals surface area contributed by atoms with Crippen LogP contribution in [0.1, 0.15) is 0 Å². The molecule has 1 heterocycles. The molecule has 0 N–H and O–H groups in total. The minimum absolute atomic E-state index is 1.12. The summed E-state index contributed by atoms with van der Waals surface area (Å²) in [5.41, 5.74) is 11.8. The van der Waals surface area contributed by atoms with E-state index < -0.39 is 0 Å². The molecule has 0 aliphatic heterocycles. The lowest BCUT2D eigenvalue weighted by Gasteiger charge is -2.25. The molecule has 2 heteroatoms. The topological polar surface area (TPSA) is 8.17 Å². The van der Waals surface area contributed by atoms with Gasteiger partial charge in [0.2, 0.25) is 0 Å². The minimum Gasteiger partial charge on any atom is -0.311 e. The van der Waals surface area contributed by atoms with Crippen LogP contribution in [0, 0.1) is 0 Å². The van der Waals surface area contributed by atoms with E-state index >= 15 is 0 Å². The van der Waals surface area contributed by atoms with Gasteiger partial charge in [-0.15, -0.1) is 0 Å². The third-order valence-electron chi connectivity index (χ3n) is 8.39. The molecule has 8 aromatic rings. The van der Waals surface area contributed by atoms with Gasteiger partial charge in [-0.25, -0.2) is 0 Å². The molecule has 0 fully saturated rings. The Bertz CT molecular complexity index is 2120. The van der Waals surface area contributed by atoms with Crippen molar-refractivity contribution in [2.45, 2.75) is 0 Å². The van der Waals surface area contributed by atoms with Gasteiger partial charge < -0.3 is 9.47 Å². The summed E-state index contributed by atoms with van der Waals surface area (Å²) in [5, 5.41) is 2.54. The maximum atomic E-state index is 2.38. The highest BCUT2D eigenvalue weighted by atomic mass is 15.1. The quantitative estimate of drug-likeness (QED) is 0.196. The summed E-state index contributed by atoms with van der Waals surface area (Å²) in [6.45, 7) is 0. The first-order valence-corrected chi connectivity index (χ1v) is 15.0. The zero-order valence-electron chi connectivity index (χ0n) is 24.2. The zero-order chi connectivity index (χ0) is 29.3. The van der Waals surface area contributed by atoms with Crippen LogP contribution in [0.3, 0.4) is 0 Å². The number of hydrogen-bond donors (Lipinski definition) is 0. The van der Waals surface area contributed by atoms with Crippen LogP contribution >= 0.6 is 0 Å². The van der Waals surface area contributed by atoms with Crippen LogP contribution in [-0.2, 0) is 0 Å². The van der Waals surface area contributed by atoms with Gasteiger partial charge in [-0.2, -0.15) is 0 Å². The van der Waals surface area contributed by atoms with E-state index in [-0.39, 0.29) is 0 Å². The second kappa shape index (κ2) is 11.1. The number of hydrogen-bond acceptors (Lipinski definition) is 1. The van der Waals surface area contributed by atoms with Crippen LogP contribution in [-0.4, -0.2) is 4.57 Å². The highest BCUT2D eigenvalue weighted by Gasteiger charge is 2.15. The summed E-state index contributed by atoms with van der Waals surface area (Å²) in [6.07, 6.45) is 0. The predicted octanol–water partition coefficient (Wildman–Crippen LogP) is 11.6. The number of anilines is 3. The average Bonchev–Trinajstić information content (AvgIpc) is 3.44. The standard InChI is InChI=1S/C42H30N2/c1-3-15-33(16-4-1)43(34-17-5-2-6-18-34)35-28-26-31(27-29-35)37-20-7-8-21-38(37)32-14-13-19-36(30-32)44-41-24-11-9-22-39(41)40-23-10-12-25-42(40)44/h1-30H. The molecule has 0 saturated heterocycles. The Hall–Kier alpha value is -5.86. The lowest BCUT2D eigenvalue weighted by atomic mass is 9.94. The van der Waals surface area contributed by atoms with Crippen molar-refractivity contribution in [3.63, 3.8) is 0 Å². The number of nitrogens with zero attached hydrogens (tertiary/aromatic N) is 2. The molecule has 0 bridgehead atoms. The van der Waals surface area contributed by atoms with Crippen LogP contribution in [0.15, 0.2) is 182 Å². The molecule has 44 heavy (non-hydrogen) atoms. The summed E-state index contributed by atoms with van der Waals surface area (Å²) in [6, 6.07) is 65.0. The summed E-state index contributed by atoms with van der Waals surface area (Å²) in [4.78, 5) is 2.30. The molecule has 8 rings (SSSR count). The van der Waals surface area contributed by atoms with E-state index in [1.54, 1.807) is 0 Å². The van der Waals surface area contributed by atoms with Crippen molar-refractivity contribution in [2.24, 2.45) is 0 Å². The van der Waals surface area contributed by atoms with Crippen molar-refractivity contribution in [2.75, 3.05) is 4.90 Å². The molecule has 0 unspecified atom stereocenters. The van der Waals surface area contributed by atoms with Gasteiger partial charge in [-0.05, 0) is 82.9 Å². The predicted molar refractivity (Wildman–Crippen MR) is 186 cm³/mol. The summed E-state index contributed by atoms with van der Waals surface area (Å²) in [7, 11) is 0. The van der Waals surface area contributed by atoms with E-state index in [1.807, 2.05) is 0 Å². The van der Waals surface area contributed by atoms with Crippen molar-refractivity contribution in [3.05, 3.63) is 182 Å². The Labute approximate surface area is 257 Å². The van der Waals surface area contributed by atoms with Crippen molar-refractivity contribution in [1.29, 1.82) is 0 Å². The fourth-order valence-corrected chi connectivity index (χ4v) is 6.39. The highest BCUT2D eigenvalue weighted by Crippen LogP contribution is 2.38. The number of fused-ring (bicyclic) bond motifs is 3. The SMILES string of the molecule is c1ccc(N(c2ccccc2)c2ccc(-c3ccccc3-c3cccc(-n4c5ccccc5c5ccccc54)c3)cc2)cc1.